The third-order valence-electron chi connectivity index (χ3n) is 2.36. The Morgan fingerprint density at radius 3 is 1.50 bits per heavy atom. The van der Waals surface area contributed by atoms with Gasteiger partial charge in [-0.3, -0.25) is 0 Å². The maximum absolute atomic E-state index is 12.9. The fraction of sp³-hybridized carbons (Fsp3) is 0.875. The number of halogens is 5. The first-order chi connectivity index (χ1) is 6.50. The van der Waals surface area contributed by atoms with Crippen molar-refractivity contribution in [3.05, 3.63) is 0 Å². The summed E-state index contributed by atoms with van der Waals surface area (Å²) in [5.41, 5.74) is 0. The van der Waals surface area contributed by atoms with Crippen molar-refractivity contribution in [3.8, 4) is 6.07 Å². The fourth-order valence-electron chi connectivity index (χ4n) is 1.51. The van der Waals surface area contributed by atoms with Gasteiger partial charge in [0.2, 0.25) is 0 Å². The first kappa shape index (κ1) is 11.2. The highest BCUT2D eigenvalue weighted by atomic mass is 19.2. The third kappa shape index (κ3) is 1.68. The molecule has 14 heavy (non-hydrogen) atoms. The lowest BCUT2D eigenvalue weighted by Gasteiger charge is -2.35. The molecule has 1 aliphatic carbocycles. The summed E-state index contributed by atoms with van der Waals surface area (Å²) in [7, 11) is 0. The second-order valence-electron chi connectivity index (χ2n) is 3.25. The van der Waals surface area contributed by atoms with Crippen LogP contribution in [0.1, 0.15) is 6.42 Å². The molecule has 0 radical (unpaired) electrons. The van der Waals surface area contributed by atoms with Crippen LogP contribution in [-0.4, -0.2) is 30.9 Å². The van der Waals surface area contributed by atoms with Crippen molar-refractivity contribution in [2.75, 3.05) is 0 Å². The molecular weight excluding hydrogens is 205 g/mol. The molecule has 1 rings (SSSR count). The Balaban J connectivity index is 2.81. The van der Waals surface area contributed by atoms with Crippen LogP contribution in [0.3, 0.4) is 0 Å². The topological polar surface area (TPSA) is 23.8 Å². The summed E-state index contributed by atoms with van der Waals surface area (Å²) < 4.78 is 63.8. The van der Waals surface area contributed by atoms with Gasteiger partial charge in [0, 0.05) is 12.3 Å². The van der Waals surface area contributed by atoms with Crippen LogP contribution in [-0.2, 0) is 0 Å². The van der Waals surface area contributed by atoms with E-state index in [0.29, 0.717) is 0 Å². The Bertz CT molecular complexity index is 224. The van der Waals surface area contributed by atoms with Crippen LogP contribution in [0, 0.1) is 17.2 Å². The molecule has 0 aromatic heterocycles. The molecule has 80 valence electrons. The van der Waals surface area contributed by atoms with E-state index in [1.807, 2.05) is 0 Å². The maximum atomic E-state index is 12.9. The number of nitriles is 1. The molecule has 0 saturated heterocycles. The zero-order chi connectivity index (χ0) is 10.9. The molecule has 1 aliphatic rings. The highest BCUT2D eigenvalue weighted by Crippen LogP contribution is 2.37. The van der Waals surface area contributed by atoms with E-state index in [1.54, 1.807) is 0 Å². The van der Waals surface area contributed by atoms with Crippen LogP contribution in [0.5, 0.6) is 0 Å². The van der Waals surface area contributed by atoms with Gasteiger partial charge < -0.3 is 0 Å². The average molecular weight is 213 g/mol. The second kappa shape index (κ2) is 4.11. The highest BCUT2D eigenvalue weighted by Gasteiger charge is 2.53. The molecule has 1 saturated carbocycles. The summed E-state index contributed by atoms with van der Waals surface area (Å²) in [6, 6.07) is 1.42. The lowest BCUT2D eigenvalue weighted by molar-refractivity contribution is -0.0868. The number of nitrogens with zero attached hydrogens (tertiary/aromatic N) is 1. The summed E-state index contributed by atoms with van der Waals surface area (Å²) in [5, 5.41) is 8.17. The lowest BCUT2D eigenvalue weighted by Crippen LogP contribution is -2.53. The van der Waals surface area contributed by atoms with E-state index in [9.17, 15) is 22.0 Å². The molecule has 0 aliphatic heterocycles. The molecule has 4 unspecified atom stereocenters. The molecule has 6 heteroatoms. The maximum Gasteiger partial charge on any atom is 0.168 e. The highest BCUT2D eigenvalue weighted by molar-refractivity contribution is 5.01. The molecule has 0 aromatic rings. The van der Waals surface area contributed by atoms with Crippen LogP contribution in [0.2, 0.25) is 0 Å². The summed E-state index contributed by atoms with van der Waals surface area (Å²) in [5.74, 6) is -1.71. The molecule has 0 N–H and O–H groups in total. The SMILES string of the molecule is N#CCC1C(F)C(F)C(F)C(F)C1F. The van der Waals surface area contributed by atoms with Crippen molar-refractivity contribution in [1.82, 2.24) is 0 Å². The molecular formula is C8H8F5N. The summed E-state index contributed by atoms with van der Waals surface area (Å²) in [6.07, 6.45) is -13.7. The van der Waals surface area contributed by atoms with Crippen molar-refractivity contribution in [1.29, 1.82) is 5.26 Å². The van der Waals surface area contributed by atoms with Crippen LogP contribution in [0.25, 0.3) is 0 Å². The number of hydrogen-bond donors (Lipinski definition) is 0. The summed E-state index contributed by atoms with van der Waals surface area (Å²) in [4.78, 5) is 0. The second-order valence-corrected chi connectivity index (χ2v) is 3.25. The normalized spacial score (nSPS) is 48.6. The standard InChI is InChI=1S/C8H8F5N/c9-4-3(1-2-14)5(10)7(12)8(13)6(4)11/h3-8H,1H2. The Morgan fingerprint density at radius 2 is 1.14 bits per heavy atom. The minimum atomic E-state index is -2.78. The van der Waals surface area contributed by atoms with E-state index in [1.165, 1.54) is 6.07 Å². The van der Waals surface area contributed by atoms with Gasteiger partial charge in [0.25, 0.3) is 0 Å². The van der Waals surface area contributed by atoms with Gasteiger partial charge in [0.15, 0.2) is 18.5 Å². The average Bonchev–Trinajstić information content (AvgIpc) is 2.19. The molecule has 0 spiro atoms. The molecule has 0 heterocycles. The number of hydrogen-bond acceptors (Lipinski definition) is 1. The van der Waals surface area contributed by atoms with Crippen molar-refractivity contribution in [2.24, 2.45) is 5.92 Å². The summed E-state index contributed by atoms with van der Waals surface area (Å²) in [6.45, 7) is 0. The fourth-order valence-corrected chi connectivity index (χ4v) is 1.51. The van der Waals surface area contributed by atoms with Crippen molar-refractivity contribution in [2.45, 2.75) is 37.3 Å². The van der Waals surface area contributed by atoms with Crippen LogP contribution in [0.15, 0.2) is 0 Å². The Morgan fingerprint density at radius 1 is 0.786 bits per heavy atom. The van der Waals surface area contributed by atoms with Crippen molar-refractivity contribution in [3.63, 3.8) is 0 Å². The largest absolute Gasteiger partial charge is 0.244 e. The predicted octanol–water partition coefficient (Wildman–Crippen LogP) is 2.22. The smallest absolute Gasteiger partial charge is 0.168 e. The van der Waals surface area contributed by atoms with E-state index in [4.69, 9.17) is 5.26 Å². The molecule has 0 bridgehead atoms. The number of alkyl halides is 5. The van der Waals surface area contributed by atoms with E-state index >= 15 is 0 Å². The third-order valence-corrected chi connectivity index (χ3v) is 2.36. The van der Waals surface area contributed by atoms with Crippen LogP contribution >= 0.6 is 0 Å². The Hall–Kier alpha value is -0.860. The van der Waals surface area contributed by atoms with Gasteiger partial charge in [-0.15, -0.1) is 0 Å². The zero-order valence-corrected chi connectivity index (χ0v) is 7.01. The molecule has 0 amide bonds. The van der Waals surface area contributed by atoms with Crippen LogP contribution in [0.4, 0.5) is 22.0 Å². The van der Waals surface area contributed by atoms with Gasteiger partial charge in [-0.1, -0.05) is 0 Å². The van der Waals surface area contributed by atoms with E-state index < -0.39 is 43.2 Å². The first-order valence-electron chi connectivity index (χ1n) is 4.08. The van der Waals surface area contributed by atoms with Gasteiger partial charge in [-0.05, 0) is 0 Å². The van der Waals surface area contributed by atoms with Gasteiger partial charge in [0.05, 0.1) is 6.07 Å². The van der Waals surface area contributed by atoms with Crippen molar-refractivity contribution >= 4 is 0 Å². The van der Waals surface area contributed by atoms with E-state index in [-0.39, 0.29) is 0 Å². The van der Waals surface area contributed by atoms with E-state index in [0.717, 1.165) is 0 Å². The monoisotopic (exact) mass is 213 g/mol. The Labute approximate surface area is 77.5 Å². The molecule has 0 aromatic carbocycles. The molecule has 4 atom stereocenters. The quantitative estimate of drug-likeness (QED) is 0.612. The Kier molecular flexibility index (Phi) is 3.29. The van der Waals surface area contributed by atoms with Gasteiger partial charge in [0.1, 0.15) is 12.3 Å². The first-order valence-corrected chi connectivity index (χ1v) is 4.08. The number of rotatable bonds is 1. The van der Waals surface area contributed by atoms with Gasteiger partial charge >= 0.3 is 0 Å². The lowest BCUT2D eigenvalue weighted by atomic mass is 9.80. The van der Waals surface area contributed by atoms with E-state index in [2.05, 4.69) is 0 Å². The predicted molar refractivity (Wildman–Crippen MR) is 38.2 cm³/mol. The molecule has 1 fully saturated rings. The summed E-state index contributed by atoms with van der Waals surface area (Å²) >= 11 is 0. The minimum absolute atomic E-state index is 0.657. The van der Waals surface area contributed by atoms with Gasteiger partial charge in [-0.25, -0.2) is 22.0 Å². The minimum Gasteiger partial charge on any atom is -0.244 e. The van der Waals surface area contributed by atoms with Crippen molar-refractivity contribution < 1.29 is 22.0 Å². The van der Waals surface area contributed by atoms with Crippen LogP contribution < -0.4 is 0 Å². The van der Waals surface area contributed by atoms with Gasteiger partial charge in [-0.2, -0.15) is 5.26 Å². The molecule has 1 nitrogen and oxygen atoms in total. The zero-order valence-electron chi connectivity index (χ0n) is 7.01.